The van der Waals surface area contributed by atoms with Crippen molar-refractivity contribution in [3.63, 3.8) is 0 Å². The van der Waals surface area contributed by atoms with Gasteiger partial charge in [-0.3, -0.25) is 14.2 Å². The van der Waals surface area contributed by atoms with Crippen LogP contribution < -0.4 is 24.9 Å². The Labute approximate surface area is 220 Å². The Kier molecular flexibility index (Phi) is 6.71. The number of aromatic nitrogens is 1. The van der Waals surface area contributed by atoms with E-state index in [1.807, 2.05) is 91.9 Å². The highest BCUT2D eigenvalue weighted by atomic mass is 79.9. The van der Waals surface area contributed by atoms with Crippen molar-refractivity contribution in [1.82, 2.24) is 4.57 Å². The van der Waals surface area contributed by atoms with Crippen molar-refractivity contribution in [2.75, 3.05) is 12.4 Å². The van der Waals surface area contributed by atoms with Crippen LogP contribution in [0.1, 0.15) is 24.1 Å². The van der Waals surface area contributed by atoms with Gasteiger partial charge in [0, 0.05) is 10.2 Å². The van der Waals surface area contributed by atoms with Crippen molar-refractivity contribution in [3.05, 3.63) is 125 Å². The third kappa shape index (κ3) is 4.69. The fourth-order valence-corrected chi connectivity index (χ4v) is 5.45. The molecule has 1 aliphatic heterocycles. The molecule has 2 heterocycles. The highest BCUT2D eigenvalue weighted by Crippen LogP contribution is 2.31. The van der Waals surface area contributed by atoms with Crippen LogP contribution in [0.2, 0.25) is 0 Å². The van der Waals surface area contributed by atoms with E-state index in [2.05, 4.69) is 26.2 Å². The number of amides is 1. The number of thiazole rings is 1. The summed E-state index contributed by atoms with van der Waals surface area (Å²) in [4.78, 5) is 32.5. The lowest BCUT2D eigenvalue weighted by Crippen LogP contribution is -2.40. The van der Waals surface area contributed by atoms with Gasteiger partial charge in [-0.05, 0) is 60.5 Å². The molecule has 1 amide bonds. The number of nitrogens with one attached hydrogen (secondary N) is 1. The third-order valence-electron chi connectivity index (χ3n) is 5.90. The van der Waals surface area contributed by atoms with Crippen LogP contribution in [-0.2, 0) is 4.79 Å². The van der Waals surface area contributed by atoms with Gasteiger partial charge in [-0.15, -0.1) is 0 Å². The Balaban J connectivity index is 1.65. The van der Waals surface area contributed by atoms with Gasteiger partial charge in [0.2, 0.25) is 0 Å². The van der Waals surface area contributed by atoms with E-state index in [9.17, 15) is 9.59 Å². The lowest BCUT2D eigenvalue weighted by Gasteiger charge is -2.25. The molecule has 6 nitrogen and oxygen atoms in total. The SMILES string of the molecule is COc1ccc(/C=c2/sc3n(c2=O)[C@@H](c2ccc(Br)cc2)C(C(=O)Nc2ccccc2)=C(C)N=3)cc1. The van der Waals surface area contributed by atoms with Crippen molar-refractivity contribution in [2.45, 2.75) is 13.0 Å². The fourth-order valence-electron chi connectivity index (χ4n) is 4.14. The number of rotatable bonds is 5. The number of ether oxygens (including phenoxy) is 1. The molecule has 0 saturated heterocycles. The third-order valence-corrected chi connectivity index (χ3v) is 7.41. The molecule has 0 aliphatic carbocycles. The maximum Gasteiger partial charge on any atom is 0.271 e. The second-order valence-corrected chi connectivity index (χ2v) is 10.2. The summed E-state index contributed by atoms with van der Waals surface area (Å²) >= 11 is 4.79. The Morgan fingerprint density at radius 1 is 1.06 bits per heavy atom. The van der Waals surface area contributed by atoms with E-state index in [-0.39, 0.29) is 11.5 Å². The molecule has 0 radical (unpaired) electrons. The number of fused-ring (bicyclic) bond motifs is 1. The predicted octanol–water partition coefficient (Wildman–Crippen LogP) is 4.65. The molecule has 8 heteroatoms. The van der Waals surface area contributed by atoms with E-state index in [4.69, 9.17) is 4.74 Å². The van der Waals surface area contributed by atoms with E-state index in [0.717, 1.165) is 21.3 Å². The van der Waals surface area contributed by atoms with Crippen LogP contribution in [0.15, 0.2) is 104 Å². The van der Waals surface area contributed by atoms with Gasteiger partial charge in [-0.1, -0.05) is 69.7 Å². The number of halogens is 1. The summed E-state index contributed by atoms with van der Waals surface area (Å²) in [7, 11) is 1.61. The largest absolute Gasteiger partial charge is 0.497 e. The monoisotopic (exact) mass is 559 g/mol. The molecule has 1 atom stereocenters. The second kappa shape index (κ2) is 10.1. The molecule has 1 aromatic heterocycles. The summed E-state index contributed by atoms with van der Waals surface area (Å²) < 4.78 is 8.30. The van der Waals surface area contributed by atoms with Gasteiger partial charge in [0.1, 0.15) is 5.75 Å². The van der Waals surface area contributed by atoms with Gasteiger partial charge < -0.3 is 10.1 Å². The molecule has 0 unspecified atom stereocenters. The highest BCUT2D eigenvalue weighted by Gasteiger charge is 2.32. The molecule has 1 aliphatic rings. The van der Waals surface area contributed by atoms with Crippen molar-refractivity contribution in [2.24, 2.45) is 4.99 Å². The molecule has 0 saturated carbocycles. The van der Waals surface area contributed by atoms with Gasteiger partial charge in [0.25, 0.3) is 11.5 Å². The molecular weight excluding hydrogens is 538 g/mol. The zero-order valence-electron chi connectivity index (χ0n) is 19.6. The average Bonchev–Trinajstić information content (AvgIpc) is 3.19. The zero-order valence-corrected chi connectivity index (χ0v) is 22.0. The molecule has 4 aromatic rings. The number of methoxy groups -OCH3 is 1. The fraction of sp³-hybridized carbons (Fsp3) is 0.107. The number of hydrogen-bond donors (Lipinski definition) is 1. The first-order chi connectivity index (χ1) is 17.4. The molecule has 0 spiro atoms. The lowest BCUT2D eigenvalue weighted by atomic mass is 9.95. The van der Waals surface area contributed by atoms with Gasteiger partial charge in [-0.2, -0.15) is 0 Å². The van der Waals surface area contributed by atoms with Crippen LogP contribution in [0.5, 0.6) is 5.75 Å². The maximum absolute atomic E-state index is 13.7. The second-order valence-electron chi connectivity index (χ2n) is 8.23. The van der Waals surface area contributed by atoms with Gasteiger partial charge in [-0.25, -0.2) is 4.99 Å². The molecule has 0 fully saturated rings. The topological polar surface area (TPSA) is 72.7 Å². The maximum atomic E-state index is 13.7. The first-order valence-electron chi connectivity index (χ1n) is 11.2. The minimum atomic E-state index is -0.615. The standard InChI is InChI=1S/C28H22BrN3O3S/c1-17-24(26(33)31-21-6-4-3-5-7-21)25(19-10-12-20(29)13-11-19)32-27(34)23(36-28(32)30-17)16-18-8-14-22(35-2)15-9-18/h3-16,25H,1-2H3,(H,31,33)/b23-16+/t25-/m0/s1. The van der Waals surface area contributed by atoms with Gasteiger partial charge >= 0.3 is 0 Å². The van der Waals surface area contributed by atoms with Crippen LogP contribution in [0, 0.1) is 0 Å². The highest BCUT2D eigenvalue weighted by molar-refractivity contribution is 9.10. The number of anilines is 1. The van der Waals surface area contributed by atoms with Crippen LogP contribution in [0.4, 0.5) is 5.69 Å². The summed E-state index contributed by atoms with van der Waals surface area (Å²) in [5.74, 6) is 0.452. The van der Waals surface area contributed by atoms with Crippen LogP contribution >= 0.6 is 27.3 Å². The molecule has 180 valence electrons. The van der Waals surface area contributed by atoms with E-state index in [1.54, 1.807) is 11.7 Å². The van der Waals surface area contributed by atoms with Crippen LogP contribution in [0.25, 0.3) is 6.08 Å². The summed E-state index contributed by atoms with van der Waals surface area (Å²) in [5, 5.41) is 2.96. The summed E-state index contributed by atoms with van der Waals surface area (Å²) in [6.45, 7) is 1.81. The molecule has 36 heavy (non-hydrogen) atoms. The molecule has 3 aromatic carbocycles. The van der Waals surface area contributed by atoms with E-state index in [1.165, 1.54) is 11.3 Å². The van der Waals surface area contributed by atoms with Gasteiger partial charge in [0.15, 0.2) is 4.80 Å². The molecule has 5 rings (SSSR count). The zero-order chi connectivity index (χ0) is 25.2. The normalized spacial score (nSPS) is 15.3. The predicted molar refractivity (Wildman–Crippen MR) is 146 cm³/mol. The summed E-state index contributed by atoms with van der Waals surface area (Å²) in [6, 6.07) is 23.8. The Bertz CT molecular complexity index is 1640. The number of nitrogens with zero attached hydrogens (tertiary/aromatic N) is 2. The minimum absolute atomic E-state index is 0.194. The van der Waals surface area contributed by atoms with E-state index >= 15 is 0 Å². The average molecular weight is 560 g/mol. The van der Waals surface area contributed by atoms with Crippen LogP contribution in [-0.4, -0.2) is 17.6 Å². The Morgan fingerprint density at radius 3 is 2.42 bits per heavy atom. The summed E-state index contributed by atoms with van der Waals surface area (Å²) in [5.41, 5.74) is 3.19. The number of para-hydroxylation sites is 1. The molecular formula is C28H22BrN3O3S. The molecule has 0 bridgehead atoms. The van der Waals surface area contributed by atoms with Crippen molar-refractivity contribution >= 4 is 44.9 Å². The number of allylic oxidation sites excluding steroid dienone is 1. The molecule has 1 N–H and O–H groups in total. The first-order valence-corrected chi connectivity index (χ1v) is 12.8. The van der Waals surface area contributed by atoms with Crippen LogP contribution in [0.3, 0.4) is 0 Å². The number of carbonyl (C=O) groups excluding carboxylic acids is 1. The van der Waals surface area contributed by atoms with Gasteiger partial charge in [0.05, 0.1) is 29.0 Å². The number of benzene rings is 3. The quantitative estimate of drug-likeness (QED) is 0.387. The van der Waals surface area contributed by atoms with Crippen molar-refractivity contribution < 1.29 is 9.53 Å². The minimum Gasteiger partial charge on any atom is -0.497 e. The Morgan fingerprint density at radius 2 is 1.75 bits per heavy atom. The lowest BCUT2D eigenvalue weighted by molar-refractivity contribution is -0.113. The number of hydrogen-bond acceptors (Lipinski definition) is 5. The smallest absolute Gasteiger partial charge is 0.271 e. The van der Waals surface area contributed by atoms with Crippen molar-refractivity contribution in [1.29, 1.82) is 0 Å². The first kappa shape index (κ1) is 24.0. The summed E-state index contributed by atoms with van der Waals surface area (Å²) in [6.07, 6.45) is 1.84. The van der Waals surface area contributed by atoms with E-state index in [0.29, 0.717) is 26.3 Å². The number of carbonyl (C=O) groups is 1. The van der Waals surface area contributed by atoms with Crippen molar-refractivity contribution in [3.8, 4) is 5.75 Å². The Hall–Kier alpha value is -3.75. The van der Waals surface area contributed by atoms with E-state index < -0.39 is 6.04 Å².